The summed E-state index contributed by atoms with van der Waals surface area (Å²) in [5.74, 6) is 0. The molecule has 2 aromatic rings. The second-order valence-corrected chi connectivity index (χ2v) is 5.53. The van der Waals surface area contributed by atoms with Gasteiger partial charge in [-0.2, -0.15) is 0 Å². The Morgan fingerprint density at radius 1 is 1.26 bits per heavy atom. The zero-order valence-electron chi connectivity index (χ0n) is 10.3. The molecule has 100 valence electrons. The van der Waals surface area contributed by atoms with Crippen LogP contribution in [0, 0.1) is 0 Å². The van der Waals surface area contributed by atoms with Crippen LogP contribution in [0.2, 0.25) is 10.0 Å². The van der Waals surface area contributed by atoms with Gasteiger partial charge in [0, 0.05) is 5.02 Å². The predicted molar refractivity (Wildman–Crippen MR) is 76.0 cm³/mol. The highest BCUT2D eigenvalue weighted by atomic mass is 35.5. The minimum absolute atomic E-state index is 0.292. The first-order chi connectivity index (χ1) is 9.24. The van der Waals surface area contributed by atoms with Crippen LogP contribution in [0.25, 0.3) is 5.69 Å². The fourth-order valence-corrected chi connectivity index (χ4v) is 2.69. The van der Waals surface area contributed by atoms with Gasteiger partial charge in [0.1, 0.15) is 5.69 Å². The average Bonchev–Trinajstić information content (AvgIpc) is 2.92. The van der Waals surface area contributed by atoms with E-state index in [-0.39, 0.29) is 0 Å². The number of benzene rings is 1. The topological polar surface area (TPSA) is 42.7 Å². The number of piperidine rings is 1. The molecular formula is C13H14Cl2N4. The molecule has 1 aromatic carbocycles. The Hall–Kier alpha value is -1.10. The largest absolute Gasteiger partial charge is 0.309 e. The number of nitrogens with zero attached hydrogens (tertiary/aromatic N) is 3. The SMILES string of the molecule is Clc1ccc(Cl)c(-n2cc(C3CCCCN3)nn2)c1. The van der Waals surface area contributed by atoms with Crippen molar-refractivity contribution in [3.63, 3.8) is 0 Å². The minimum atomic E-state index is 0.292. The summed E-state index contributed by atoms with van der Waals surface area (Å²) in [6.07, 6.45) is 5.47. The molecule has 6 heteroatoms. The number of rotatable bonds is 2. The zero-order chi connectivity index (χ0) is 13.2. The highest BCUT2D eigenvalue weighted by Crippen LogP contribution is 2.26. The summed E-state index contributed by atoms with van der Waals surface area (Å²) in [6, 6.07) is 5.60. The van der Waals surface area contributed by atoms with Crippen molar-refractivity contribution >= 4 is 23.2 Å². The quantitative estimate of drug-likeness (QED) is 0.924. The van der Waals surface area contributed by atoms with Crippen molar-refractivity contribution < 1.29 is 0 Å². The molecule has 1 aliphatic rings. The molecule has 4 nitrogen and oxygen atoms in total. The highest BCUT2D eigenvalue weighted by molar-refractivity contribution is 6.34. The monoisotopic (exact) mass is 296 g/mol. The molecule has 0 spiro atoms. The zero-order valence-corrected chi connectivity index (χ0v) is 11.8. The van der Waals surface area contributed by atoms with Gasteiger partial charge in [-0.3, -0.25) is 0 Å². The standard InChI is InChI=1S/C13H14Cl2N4/c14-9-4-5-10(15)13(7-9)19-8-12(17-18-19)11-3-1-2-6-16-11/h4-5,7-8,11,16H,1-3,6H2. The van der Waals surface area contributed by atoms with Gasteiger partial charge in [0.2, 0.25) is 0 Å². The number of halogens is 2. The smallest absolute Gasteiger partial charge is 0.100 e. The van der Waals surface area contributed by atoms with E-state index in [0.717, 1.165) is 24.3 Å². The van der Waals surface area contributed by atoms with Crippen LogP contribution >= 0.6 is 23.2 Å². The molecule has 0 bridgehead atoms. The number of hydrogen-bond donors (Lipinski definition) is 1. The predicted octanol–water partition coefficient (Wildman–Crippen LogP) is 3.39. The lowest BCUT2D eigenvalue weighted by molar-refractivity contribution is 0.405. The summed E-state index contributed by atoms with van der Waals surface area (Å²) < 4.78 is 1.68. The van der Waals surface area contributed by atoms with E-state index in [1.54, 1.807) is 22.9 Å². The van der Waals surface area contributed by atoms with Gasteiger partial charge >= 0.3 is 0 Å². The molecule has 1 aliphatic heterocycles. The Morgan fingerprint density at radius 3 is 2.95 bits per heavy atom. The van der Waals surface area contributed by atoms with Gasteiger partial charge in [-0.05, 0) is 37.6 Å². The van der Waals surface area contributed by atoms with Crippen LogP contribution in [0.5, 0.6) is 0 Å². The van der Waals surface area contributed by atoms with Crippen molar-refractivity contribution in [2.45, 2.75) is 25.3 Å². The molecule has 3 rings (SSSR count). The number of hydrogen-bond acceptors (Lipinski definition) is 3. The third kappa shape index (κ3) is 2.76. The lowest BCUT2D eigenvalue weighted by Gasteiger charge is -2.20. The van der Waals surface area contributed by atoms with Crippen molar-refractivity contribution in [3.8, 4) is 5.69 Å². The molecule has 1 unspecified atom stereocenters. The van der Waals surface area contributed by atoms with Crippen molar-refractivity contribution in [2.75, 3.05) is 6.54 Å². The van der Waals surface area contributed by atoms with Crippen molar-refractivity contribution in [3.05, 3.63) is 40.1 Å². The first-order valence-electron chi connectivity index (χ1n) is 6.35. The van der Waals surface area contributed by atoms with E-state index >= 15 is 0 Å². The van der Waals surface area contributed by atoms with Crippen molar-refractivity contribution in [2.24, 2.45) is 0 Å². The lowest BCUT2D eigenvalue weighted by atomic mass is 10.0. The lowest BCUT2D eigenvalue weighted by Crippen LogP contribution is -2.27. The molecule has 0 saturated carbocycles. The van der Waals surface area contributed by atoms with Gasteiger partial charge in [-0.25, -0.2) is 4.68 Å². The fraction of sp³-hybridized carbons (Fsp3) is 0.385. The van der Waals surface area contributed by atoms with Crippen LogP contribution in [0.15, 0.2) is 24.4 Å². The summed E-state index contributed by atoms with van der Waals surface area (Å²) >= 11 is 12.2. The van der Waals surface area contributed by atoms with Gasteiger partial charge in [0.05, 0.1) is 22.9 Å². The Labute approximate surface area is 121 Å². The number of nitrogens with one attached hydrogen (secondary N) is 1. The maximum atomic E-state index is 6.16. The Balaban J connectivity index is 1.89. The van der Waals surface area contributed by atoms with Crippen LogP contribution in [-0.2, 0) is 0 Å². The van der Waals surface area contributed by atoms with E-state index < -0.39 is 0 Å². The number of aromatic nitrogens is 3. The van der Waals surface area contributed by atoms with Crippen molar-refractivity contribution in [1.29, 1.82) is 0 Å². The first kappa shape index (κ1) is 12.9. The fourth-order valence-electron chi connectivity index (χ4n) is 2.32. The average molecular weight is 297 g/mol. The van der Waals surface area contributed by atoms with Crippen LogP contribution < -0.4 is 5.32 Å². The van der Waals surface area contributed by atoms with E-state index in [1.165, 1.54) is 12.8 Å². The van der Waals surface area contributed by atoms with Crippen LogP contribution in [-0.4, -0.2) is 21.5 Å². The Bertz CT molecular complexity index is 576. The minimum Gasteiger partial charge on any atom is -0.309 e. The first-order valence-corrected chi connectivity index (χ1v) is 7.11. The third-order valence-electron chi connectivity index (χ3n) is 3.33. The summed E-state index contributed by atoms with van der Waals surface area (Å²) in [7, 11) is 0. The summed E-state index contributed by atoms with van der Waals surface area (Å²) in [6.45, 7) is 1.04. The van der Waals surface area contributed by atoms with Gasteiger partial charge in [-0.1, -0.05) is 34.8 Å². The van der Waals surface area contributed by atoms with Gasteiger partial charge in [-0.15, -0.1) is 5.10 Å². The normalized spacial score (nSPS) is 19.6. The molecule has 1 atom stereocenters. The second kappa shape index (κ2) is 5.49. The third-order valence-corrected chi connectivity index (χ3v) is 3.89. The van der Waals surface area contributed by atoms with E-state index in [1.807, 2.05) is 6.20 Å². The molecule has 1 aromatic heterocycles. The van der Waals surface area contributed by atoms with Crippen LogP contribution in [0.3, 0.4) is 0 Å². The molecule has 2 heterocycles. The molecule has 1 fully saturated rings. The maximum Gasteiger partial charge on any atom is 0.100 e. The van der Waals surface area contributed by atoms with Gasteiger partial charge in [0.25, 0.3) is 0 Å². The van der Waals surface area contributed by atoms with E-state index in [2.05, 4.69) is 15.6 Å². The summed E-state index contributed by atoms with van der Waals surface area (Å²) in [5, 5.41) is 13.1. The summed E-state index contributed by atoms with van der Waals surface area (Å²) in [5.41, 5.74) is 1.71. The molecule has 1 N–H and O–H groups in total. The molecule has 1 saturated heterocycles. The molecule has 0 amide bonds. The molecule has 0 radical (unpaired) electrons. The van der Waals surface area contributed by atoms with Gasteiger partial charge in [0.15, 0.2) is 0 Å². The van der Waals surface area contributed by atoms with E-state index in [4.69, 9.17) is 23.2 Å². The molecule has 0 aliphatic carbocycles. The van der Waals surface area contributed by atoms with Crippen LogP contribution in [0.4, 0.5) is 0 Å². The maximum absolute atomic E-state index is 6.16. The van der Waals surface area contributed by atoms with Crippen LogP contribution in [0.1, 0.15) is 31.0 Å². The van der Waals surface area contributed by atoms with Crippen molar-refractivity contribution in [1.82, 2.24) is 20.3 Å². The molecule has 19 heavy (non-hydrogen) atoms. The Kier molecular flexibility index (Phi) is 3.73. The van der Waals surface area contributed by atoms with E-state index in [9.17, 15) is 0 Å². The second-order valence-electron chi connectivity index (χ2n) is 4.69. The Morgan fingerprint density at radius 2 is 2.16 bits per heavy atom. The highest BCUT2D eigenvalue weighted by Gasteiger charge is 2.18. The summed E-state index contributed by atoms with van der Waals surface area (Å²) in [4.78, 5) is 0. The van der Waals surface area contributed by atoms with Gasteiger partial charge < -0.3 is 5.32 Å². The molecular weight excluding hydrogens is 283 g/mol. The van der Waals surface area contributed by atoms with E-state index in [0.29, 0.717) is 16.1 Å².